The summed E-state index contributed by atoms with van der Waals surface area (Å²) in [6.45, 7) is 1.90. The van der Waals surface area contributed by atoms with Crippen LogP contribution >= 0.6 is 11.6 Å². The number of aliphatic carboxylic acids is 1. The number of rotatable bonds is 6. The van der Waals surface area contributed by atoms with Gasteiger partial charge >= 0.3 is 12.1 Å². The monoisotopic (exact) mass is 432 g/mol. The lowest BCUT2D eigenvalue weighted by Crippen LogP contribution is -2.42. The first-order valence-electron chi connectivity index (χ1n) is 9.35. The zero-order chi connectivity index (χ0) is 21.5. The van der Waals surface area contributed by atoms with Crippen LogP contribution in [0.25, 0.3) is 0 Å². The molecule has 0 unspecified atom stereocenters. The molecule has 1 saturated heterocycles. The van der Waals surface area contributed by atoms with Crippen LogP contribution < -0.4 is 10.1 Å². The number of halogens is 1. The SMILES string of the molecule is O=C(N[C@@H](Cc1ccc(OC(=O)N2CCOCC2)cc1)C(=O)O)c1ccccc1Cl. The quantitative estimate of drug-likeness (QED) is 0.727. The number of benzene rings is 2. The molecule has 1 fully saturated rings. The van der Waals surface area contributed by atoms with Crippen LogP contribution in [0.4, 0.5) is 4.79 Å². The minimum absolute atomic E-state index is 0.0587. The molecular weight excluding hydrogens is 412 g/mol. The van der Waals surface area contributed by atoms with E-state index in [1.807, 2.05) is 0 Å². The Kier molecular flexibility index (Phi) is 7.26. The lowest BCUT2D eigenvalue weighted by atomic mass is 10.1. The average Bonchev–Trinajstić information content (AvgIpc) is 2.75. The number of carbonyl (C=O) groups is 3. The smallest absolute Gasteiger partial charge is 0.415 e. The third-order valence-electron chi connectivity index (χ3n) is 4.56. The highest BCUT2D eigenvalue weighted by atomic mass is 35.5. The molecule has 2 aromatic rings. The fraction of sp³-hybridized carbons (Fsp3) is 0.286. The van der Waals surface area contributed by atoms with Gasteiger partial charge in [-0.3, -0.25) is 4.79 Å². The molecule has 8 nitrogen and oxygen atoms in total. The van der Waals surface area contributed by atoms with Gasteiger partial charge in [-0.05, 0) is 29.8 Å². The summed E-state index contributed by atoms with van der Waals surface area (Å²) < 4.78 is 10.5. The van der Waals surface area contributed by atoms with Crippen molar-refractivity contribution in [1.82, 2.24) is 10.2 Å². The maximum atomic E-state index is 12.4. The molecule has 1 aliphatic heterocycles. The zero-order valence-corrected chi connectivity index (χ0v) is 16.8. The highest BCUT2D eigenvalue weighted by Gasteiger charge is 2.23. The second kappa shape index (κ2) is 10.1. The van der Waals surface area contributed by atoms with E-state index in [0.29, 0.717) is 37.6 Å². The topological polar surface area (TPSA) is 105 Å². The molecule has 0 aliphatic carbocycles. The molecule has 2 amide bonds. The van der Waals surface area contributed by atoms with Crippen molar-refractivity contribution in [2.75, 3.05) is 26.3 Å². The Morgan fingerprint density at radius 2 is 1.77 bits per heavy atom. The Hall–Kier alpha value is -3.10. The van der Waals surface area contributed by atoms with Crippen LogP contribution in [0.5, 0.6) is 5.75 Å². The van der Waals surface area contributed by atoms with E-state index < -0.39 is 24.0 Å². The van der Waals surface area contributed by atoms with Crippen LogP contribution in [-0.2, 0) is 16.0 Å². The summed E-state index contributed by atoms with van der Waals surface area (Å²) in [6.07, 6.45) is -0.398. The largest absolute Gasteiger partial charge is 0.480 e. The minimum atomic E-state index is -1.17. The number of ether oxygens (including phenoxy) is 2. The Balaban J connectivity index is 1.60. The van der Waals surface area contributed by atoms with Gasteiger partial charge in [0.1, 0.15) is 11.8 Å². The third kappa shape index (κ3) is 5.71. The molecule has 30 heavy (non-hydrogen) atoms. The number of nitrogens with one attached hydrogen (secondary N) is 1. The fourth-order valence-corrected chi connectivity index (χ4v) is 3.14. The van der Waals surface area contributed by atoms with Crippen molar-refractivity contribution >= 4 is 29.6 Å². The van der Waals surface area contributed by atoms with E-state index in [9.17, 15) is 19.5 Å². The number of hydrogen-bond donors (Lipinski definition) is 2. The second-order valence-electron chi connectivity index (χ2n) is 6.66. The zero-order valence-electron chi connectivity index (χ0n) is 16.0. The van der Waals surface area contributed by atoms with Crippen molar-refractivity contribution in [2.24, 2.45) is 0 Å². The Morgan fingerprint density at radius 1 is 1.10 bits per heavy atom. The molecule has 1 aliphatic rings. The molecule has 9 heteroatoms. The average molecular weight is 433 g/mol. The second-order valence-corrected chi connectivity index (χ2v) is 7.07. The number of amides is 2. The van der Waals surface area contributed by atoms with Gasteiger partial charge in [-0.15, -0.1) is 0 Å². The van der Waals surface area contributed by atoms with Gasteiger partial charge in [0.15, 0.2) is 0 Å². The molecule has 1 atom stereocenters. The van der Waals surface area contributed by atoms with Crippen molar-refractivity contribution < 1.29 is 29.0 Å². The number of hydrogen-bond acceptors (Lipinski definition) is 5. The first kappa shape index (κ1) is 21.6. The Morgan fingerprint density at radius 3 is 2.40 bits per heavy atom. The van der Waals surface area contributed by atoms with Crippen molar-refractivity contribution in [3.8, 4) is 5.75 Å². The van der Waals surface area contributed by atoms with E-state index in [1.165, 1.54) is 6.07 Å². The van der Waals surface area contributed by atoms with Crippen LogP contribution in [0.1, 0.15) is 15.9 Å². The van der Waals surface area contributed by atoms with Crippen LogP contribution in [0.2, 0.25) is 5.02 Å². The van der Waals surface area contributed by atoms with Gasteiger partial charge < -0.3 is 24.8 Å². The maximum Gasteiger partial charge on any atom is 0.415 e. The van der Waals surface area contributed by atoms with E-state index >= 15 is 0 Å². The van der Waals surface area contributed by atoms with Gasteiger partial charge in [-0.1, -0.05) is 35.9 Å². The summed E-state index contributed by atoms with van der Waals surface area (Å²) in [5.41, 5.74) is 0.865. The molecule has 3 rings (SSSR count). The van der Waals surface area contributed by atoms with E-state index in [-0.39, 0.29) is 17.0 Å². The molecule has 0 radical (unpaired) electrons. The Bertz CT molecular complexity index is 912. The first-order valence-corrected chi connectivity index (χ1v) is 9.73. The lowest BCUT2D eigenvalue weighted by molar-refractivity contribution is -0.139. The van der Waals surface area contributed by atoms with Gasteiger partial charge in [0.2, 0.25) is 0 Å². The summed E-state index contributed by atoms with van der Waals surface area (Å²) in [5, 5.41) is 12.2. The summed E-state index contributed by atoms with van der Waals surface area (Å²) in [4.78, 5) is 37.6. The van der Waals surface area contributed by atoms with Crippen LogP contribution in [0, 0.1) is 0 Å². The molecule has 0 saturated carbocycles. The van der Waals surface area contributed by atoms with E-state index in [4.69, 9.17) is 21.1 Å². The maximum absolute atomic E-state index is 12.4. The number of morpholine rings is 1. The number of carbonyl (C=O) groups excluding carboxylic acids is 2. The number of carboxylic acid groups (broad SMARTS) is 1. The summed E-state index contributed by atoms with van der Waals surface area (Å²) in [5.74, 6) is -1.38. The van der Waals surface area contributed by atoms with Gasteiger partial charge in [-0.25, -0.2) is 9.59 Å². The predicted octanol–water partition coefficient (Wildman–Crippen LogP) is 2.60. The van der Waals surface area contributed by atoms with Crippen molar-refractivity contribution in [1.29, 1.82) is 0 Å². The van der Waals surface area contributed by atoms with Crippen LogP contribution in [-0.4, -0.2) is 60.3 Å². The van der Waals surface area contributed by atoms with Crippen molar-refractivity contribution in [3.05, 3.63) is 64.7 Å². The van der Waals surface area contributed by atoms with E-state index in [0.717, 1.165) is 0 Å². The number of nitrogens with zero attached hydrogens (tertiary/aromatic N) is 1. The van der Waals surface area contributed by atoms with Crippen LogP contribution in [0.15, 0.2) is 48.5 Å². The van der Waals surface area contributed by atoms with E-state index in [2.05, 4.69) is 5.32 Å². The highest BCUT2D eigenvalue weighted by molar-refractivity contribution is 6.33. The normalized spacial score (nSPS) is 14.6. The molecule has 0 bridgehead atoms. The van der Waals surface area contributed by atoms with Gasteiger partial charge in [0, 0.05) is 19.5 Å². The summed E-state index contributed by atoms with van der Waals surface area (Å²) in [7, 11) is 0. The fourth-order valence-electron chi connectivity index (χ4n) is 2.92. The molecule has 2 aromatic carbocycles. The molecule has 0 aromatic heterocycles. The summed E-state index contributed by atoms with van der Waals surface area (Å²) in [6, 6.07) is 11.7. The van der Waals surface area contributed by atoms with Gasteiger partial charge in [-0.2, -0.15) is 0 Å². The molecule has 158 valence electrons. The highest BCUT2D eigenvalue weighted by Crippen LogP contribution is 2.17. The van der Waals surface area contributed by atoms with Gasteiger partial charge in [0.25, 0.3) is 5.91 Å². The number of carboxylic acids is 1. The minimum Gasteiger partial charge on any atom is -0.480 e. The van der Waals surface area contributed by atoms with E-state index in [1.54, 1.807) is 47.4 Å². The third-order valence-corrected chi connectivity index (χ3v) is 4.89. The molecule has 1 heterocycles. The lowest BCUT2D eigenvalue weighted by Gasteiger charge is -2.25. The summed E-state index contributed by atoms with van der Waals surface area (Å²) >= 11 is 6.00. The Labute approximate surface area is 178 Å². The van der Waals surface area contributed by atoms with Gasteiger partial charge in [0.05, 0.1) is 23.8 Å². The van der Waals surface area contributed by atoms with Crippen LogP contribution in [0.3, 0.4) is 0 Å². The standard InChI is InChI=1S/C21H21ClN2O6/c22-17-4-2-1-3-16(17)19(25)23-18(20(26)27)13-14-5-7-15(8-6-14)30-21(28)24-9-11-29-12-10-24/h1-8,18H,9-13H2,(H,23,25)(H,26,27)/t18-/m0/s1. The molecular formula is C21H21ClN2O6. The van der Waals surface area contributed by atoms with Crippen molar-refractivity contribution in [3.63, 3.8) is 0 Å². The predicted molar refractivity (Wildman–Crippen MR) is 109 cm³/mol. The molecule has 2 N–H and O–H groups in total. The van der Waals surface area contributed by atoms with Crippen molar-refractivity contribution in [2.45, 2.75) is 12.5 Å². The first-order chi connectivity index (χ1) is 14.4. The molecule has 0 spiro atoms.